The Morgan fingerprint density at radius 1 is 1.50 bits per heavy atom. The fourth-order valence-electron chi connectivity index (χ4n) is 2.22. The van der Waals surface area contributed by atoms with Crippen LogP contribution in [0.3, 0.4) is 0 Å². The lowest BCUT2D eigenvalue weighted by molar-refractivity contribution is 0.416. The SMILES string of the molecule is CCn1cc(N2CCCNC(C)(C)C2)cn1. The second kappa shape index (κ2) is 4.45. The molecule has 2 heterocycles. The molecule has 90 valence electrons. The van der Waals surface area contributed by atoms with Crippen molar-refractivity contribution in [1.82, 2.24) is 15.1 Å². The maximum atomic E-state index is 4.34. The molecule has 1 saturated heterocycles. The zero-order valence-corrected chi connectivity index (χ0v) is 10.5. The van der Waals surface area contributed by atoms with Crippen LogP contribution in [-0.2, 0) is 6.54 Å². The molecule has 0 unspecified atom stereocenters. The highest BCUT2D eigenvalue weighted by atomic mass is 15.3. The highest BCUT2D eigenvalue weighted by Crippen LogP contribution is 2.18. The zero-order chi connectivity index (χ0) is 11.6. The first kappa shape index (κ1) is 11.5. The Kier molecular flexibility index (Phi) is 3.19. The van der Waals surface area contributed by atoms with Crippen molar-refractivity contribution in [2.45, 2.75) is 39.3 Å². The average molecular weight is 222 g/mol. The van der Waals surface area contributed by atoms with Gasteiger partial charge in [0.05, 0.1) is 11.9 Å². The molecule has 1 aliphatic rings. The van der Waals surface area contributed by atoms with Gasteiger partial charge in [0.15, 0.2) is 0 Å². The van der Waals surface area contributed by atoms with E-state index in [1.807, 2.05) is 10.9 Å². The molecule has 0 saturated carbocycles. The van der Waals surface area contributed by atoms with E-state index in [2.05, 4.69) is 42.3 Å². The van der Waals surface area contributed by atoms with Gasteiger partial charge in [-0.25, -0.2) is 0 Å². The molecule has 4 nitrogen and oxygen atoms in total. The summed E-state index contributed by atoms with van der Waals surface area (Å²) in [4.78, 5) is 2.43. The molecular weight excluding hydrogens is 200 g/mol. The summed E-state index contributed by atoms with van der Waals surface area (Å²) in [6, 6.07) is 0. The topological polar surface area (TPSA) is 33.1 Å². The summed E-state index contributed by atoms with van der Waals surface area (Å²) in [6.07, 6.45) is 5.31. The summed E-state index contributed by atoms with van der Waals surface area (Å²) >= 11 is 0. The van der Waals surface area contributed by atoms with Gasteiger partial charge in [-0.3, -0.25) is 4.68 Å². The van der Waals surface area contributed by atoms with Crippen molar-refractivity contribution >= 4 is 5.69 Å². The van der Waals surface area contributed by atoms with Crippen molar-refractivity contribution in [2.75, 3.05) is 24.5 Å². The van der Waals surface area contributed by atoms with E-state index >= 15 is 0 Å². The van der Waals surface area contributed by atoms with Crippen LogP contribution in [0.2, 0.25) is 0 Å². The maximum Gasteiger partial charge on any atom is 0.0753 e. The van der Waals surface area contributed by atoms with E-state index in [-0.39, 0.29) is 5.54 Å². The summed E-state index contributed by atoms with van der Waals surface area (Å²) < 4.78 is 1.99. The number of hydrogen-bond donors (Lipinski definition) is 1. The van der Waals surface area contributed by atoms with Crippen molar-refractivity contribution in [3.05, 3.63) is 12.4 Å². The van der Waals surface area contributed by atoms with Gasteiger partial charge in [-0.15, -0.1) is 0 Å². The van der Waals surface area contributed by atoms with E-state index < -0.39 is 0 Å². The molecule has 16 heavy (non-hydrogen) atoms. The van der Waals surface area contributed by atoms with Crippen LogP contribution in [0.25, 0.3) is 0 Å². The predicted octanol–water partition coefficient (Wildman–Crippen LogP) is 1.48. The molecule has 1 aliphatic heterocycles. The monoisotopic (exact) mass is 222 g/mol. The molecular formula is C12H22N4. The standard InChI is InChI=1S/C12H22N4/c1-4-16-9-11(8-14-16)15-7-5-6-13-12(2,3)10-15/h8-9,13H,4-7,10H2,1-3H3. The van der Waals surface area contributed by atoms with E-state index in [1.165, 1.54) is 12.1 Å². The van der Waals surface area contributed by atoms with Crippen LogP contribution in [0.4, 0.5) is 5.69 Å². The molecule has 1 aromatic heterocycles. The number of rotatable bonds is 2. The van der Waals surface area contributed by atoms with Gasteiger partial charge < -0.3 is 10.2 Å². The van der Waals surface area contributed by atoms with Gasteiger partial charge in [-0.2, -0.15) is 5.10 Å². The normalized spacial score (nSPS) is 20.8. The Morgan fingerprint density at radius 3 is 3.00 bits per heavy atom. The predicted molar refractivity (Wildman–Crippen MR) is 66.8 cm³/mol. The second-order valence-electron chi connectivity index (χ2n) is 5.14. The third-order valence-electron chi connectivity index (χ3n) is 3.10. The lowest BCUT2D eigenvalue weighted by atomic mass is 10.1. The third kappa shape index (κ3) is 2.55. The molecule has 0 radical (unpaired) electrons. The Bertz CT molecular complexity index is 343. The molecule has 0 aromatic carbocycles. The molecule has 0 bridgehead atoms. The number of nitrogens with one attached hydrogen (secondary N) is 1. The van der Waals surface area contributed by atoms with E-state index in [4.69, 9.17) is 0 Å². The maximum absolute atomic E-state index is 4.34. The Hall–Kier alpha value is -1.03. The third-order valence-corrected chi connectivity index (χ3v) is 3.10. The molecule has 0 atom stereocenters. The Morgan fingerprint density at radius 2 is 2.31 bits per heavy atom. The van der Waals surface area contributed by atoms with Crippen molar-refractivity contribution in [1.29, 1.82) is 0 Å². The molecule has 0 aliphatic carbocycles. The average Bonchev–Trinajstić information content (AvgIpc) is 2.64. The first-order chi connectivity index (χ1) is 7.61. The second-order valence-corrected chi connectivity index (χ2v) is 5.14. The van der Waals surface area contributed by atoms with Crippen molar-refractivity contribution in [3.8, 4) is 0 Å². The summed E-state index contributed by atoms with van der Waals surface area (Å²) in [6.45, 7) is 10.8. The quantitative estimate of drug-likeness (QED) is 0.823. The molecule has 1 aromatic rings. The molecule has 0 spiro atoms. The largest absolute Gasteiger partial charge is 0.367 e. The van der Waals surface area contributed by atoms with Gasteiger partial charge in [0.2, 0.25) is 0 Å². The van der Waals surface area contributed by atoms with Gasteiger partial charge in [0, 0.05) is 31.4 Å². The summed E-state index contributed by atoms with van der Waals surface area (Å²) in [5, 5.41) is 7.92. The minimum atomic E-state index is 0.185. The highest BCUT2D eigenvalue weighted by Gasteiger charge is 2.24. The summed E-state index contributed by atoms with van der Waals surface area (Å²) in [5.41, 5.74) is 1.43. The Balaban J connectivity index is 2.12. The molecule has 1 fully saturated rings. The number of nitrogens with zero attached hydrogens (tertiary/aromatic N) is 3. The van der Waals surface area contributed by atoms with E-state index in [0.29, 0.717) is 0 Å². The minimum absolute atomic E-state index is 0.185. The van der Waals surface area contributed by atoms with Gasteiger partial charge >= 0.3 is 0 Å². The first-order valence-electron chi connectivity index (χ1n) is 6.13. The first-order valence-corrected chi connectivity index (χ1v) is 6.13. The van der Waals surface area contributed by atoms with Crippen molar-refractivity contribution in [3.63, 3.8) is 0 Å². The fraction of sp³-hybridized carbons (Fsp3) is 0.750. The highest BCUT2D eigenvalue weighted by molar-refractivity contribution is 5.43. The lowest BCUT2D eigenvalue weighted by Crippen LogP contribution is -2.46. The van der Waals surface area contributed by atoms with Gasteiger partial charge in [-0.1, -0.05) is 0 Å². The van der Waals surface area contributed by atoms with Crippen LogP contribution >= 0.6 is 0 Å². The van der Waals surface area contributed by atoms with Crippen molar-refractivity contribution in [2.24, 2.45) is 0 Å². The van der Waals surface area contributed by atoms with Crippen LogP contribution in [0, 0.1) is 0 Å². The summed E-state index contributed by atoms with van der Waals surface area (Å²) in [5.74, 6) is 0. The Labute approximate surface area is 97.6 Å². The van der Waals surface area contributed by atoms with Gasteiger partial charge in [0.1, 0.15) is 0 Å². The number of hydrogen-bond acceptors (Lipinski definition) is 3. The molecule has 1 N–H and O–H groups in total. The minimum Gasteiger partial charge on any atom is -0.367 e. The molecule has 4 heteroatoms. The van der Waals surface area contributed by atoms with Crippen LogP contribution < -0.4 is 10.2 Å². The van der Waals surface area contributed by atoms with Crippen LogP contribution in [-0.4, -0.2) is 35.0 Å². The van der Waals surface area contributed by atoms with E-state index in [1.54, 1.807) is 0 Å². The van der Waals surface area contributed by atoms with Crippen LogP contribution in [0.5, 0.6) is 0 Å². The zero-order valence-electron chi connectivity index (χ0n) is 10.5. The smallest absolute Gasteiger partial charge is 0.0753 e. The van der Waals surface area contributed by atoms with Crippen LogP contribution in [0.1, 0.15) is 27.2 Å². The fourth-order valence-corrected chi connectivity index (χ4v) is 2.22. The molecule has 0 amide bonds. The number of aromatic nitrogens is 2. The van der Waals surface area contributed by atoms with E-state index in [9.17, 15) is 0 Å². The lowest BCUT2D eigenvalue weighted by Gasteiger charge is -2.30. The van der Waals surface area contributed by atoms with Crippen LogP contribution in [0.15, 0.2) is 12.4 Å². The van der Waals surface area contributed by atoms with Gasteiger partial charge in [-0.05, 0) is 33.7 Å². The molecule has 2 rings (SSSR count). The van der Waals surface area contributed by atoms with Crippen molar-refractivity contribution < 1.29 is 0 Å². The number of aryl methyl sites for hydroxylation is 1. The summed E-state index contributed by atoms with van der Waals surface area (Å²) in [7, 11) is 0. The van der Waals surface area contributed by atoms with Gasteiger partial charge in [0.25, 0.3) is 0 Å². The number of anilines is 1. The van der Waals surface area contributed by atoms with E-state index in [0.717, 1.165) is 26.2 Å².